The Morgan fingerprint density at radius 3 is 2.32 bits per heavy atom. The lowest BCUT2D eigenvalue weighted by Crippen LogP contribution is -2.47. The SMILES string of the molecule is CC(C)CN1CC(C)OC(CCC(C)C2(C(F)(F)F)CC2)C1. The van der Waals surface area contributed by atoms with E-state index < -0.39 is 11.6 Å². The molecule has 1 heterocycles. The molecule has 0 aromatic carbocycles. The summed E-state index contributed by atoms with van der Waals surface area (Å²) in [6, 6.07) is 0. The van der Waals surface area contributed by atoms with E-state index in [9.17, 15) is 13.2 Å². The number of morpholine rings is 1. The maximum absolute atomic E-state index is 13.1. The second-order valence-electron chi connectivity index (χ2n) is 7.81. The Bertz CT molecular complexity index is 363. The van der Waals surface area contributed by atoms with Gasteiger partial charge in [0.2, 0.25) is 0 Å². The van der Waals surface area contributed by atoms with Gasteiger partial charge in [-0.3, -0.25) is 4.90 Å². The molecule has 1 aliphatic carbocycles. The second kappa shape index (κ2) is 6.68. The summed E-state index contributed by atoms with van der Waals surface area (Å²) in [6.07, 6.45) is -1.85. The fourth-order valence-corrected chi connectivity index (χ4v) is 3.87. The average Bonchev–Trinajstić information content (AvgIpc) is 3.15. The zero-order chi connectivity index (χ0) is 16.5. The molecule has 1 aliphatic heterocycles. The molecule has 2 rings (SSSR count). The Labute approximate surface area is 132 Å². The van der Waals surface area contributed by atoms with Gasteiger partial charge in [0.15, 0.2) is 0 Å². The zero-order valence-electron chi connectivity index (χ0n) is 14.2. The fraction of sp³-hybridized carbons (Fsp3) is 1.00. The summed E-state index contributed by atoms with van der Waals surface area (Å²) in [7, 11) is 0. The molecule has 2 aliphatic rings. The standard InChI is InChI=1S/C17H30F3NO/c1-12(2)9-21-10-14(4)22-15(11-21)6-5-13(3)16(7-8-16)17(18,19)20/h12-15H,5-11H2,1-4H3. The summed E-state index contributed by atoms with van der Waals surface area (Å²) in [5, 5.41) is 0. The smallest absolute Gasteiger partial charge is 0.373 e. The number of hydrogen-bond acceptors (Lipinski definition) is 2. The highest BCUT2D eigenvalue weighted by atomic mass is 19.4. The molecule has 0 amide bonds. The van der Waals surface area contributed by atoms with Gasteiger partial charge in [-0.2, -0.15) is 13.2 Å². The van der Waals surface area contributed by atoms with Crippen molar-refractivity contribution in [2.24, 2.45) is 17.3 Å². The molecule has 22 heavy (non-hydrogen) atoms. The predicted molar refractivity (Wildman–Crippen MR) is 81.7 cm³/mol. The van der Waals surface area contributed by atoms with Gasteiger partial charge in [-0.25, -0.2) is 0 Å². The summed E-state index contributed by atoms with van der Waals surface area (Å²) in [5.41, 5.74) is -1.40. The third-order valence-electron chi connectivity index (χ3n) is 5.24. The Morgan fingerprint density at radius 1 is 1.18 bits per heavy atom. The van der Waals surface area contributed by atoms with Crippen LogP contribution in [-0.2, 0) is 4.74 Å². The number of hydrogen-bond donors (Lipinski definition) is 0. The van der Waals surface area contributed by atoms with Crippen LogP contribution >= 0.6 is 0 Å². The van der Waals surface area contributed by atoms with Gasteiger partial charge in [0.1, 0.15) is 0 Å². The van der Waals surface area contributed by atoms with Crippen molar-refractivity contribution in [3.8, 4) is 0 Å². The van der Waals surface area contributed by atoms with E-state index in [4.69, 9.17) is 4.74 Å². The molecule has 0 aromatic heterocycles. The fourth-order valence-electron chi connectivity index (χ4n) is 3.87. The molecular weight excluding hydrogens is 291 g/mol. The Morgan fingerprint density at radius 2 is 1.82 bits per heavy atom. The van der Waals surface area contributed by atoms with Crippen molar-refractivity contribution in [1.82, 2.24) is 4.90 Å². The van der Waals surface area contributed by atoms with Gasteiger partial charge in [-0.1, -0.05) is 20.8 Å². The summed E-state index contributed by atoms with van der Waals surface area (Å²) in [5.74, 6) is 0.303. The first kappa shape index (κ1) is 18.1. The second-order valence-corrected chi connectivity index (χ2v) is 7.81. The quantitative estimate of drug-likeness (QED) is 0.714. The highest BCUT2D eigenvalue weighted by molar-refractivity contribution is 5.02. The summed E-state index contributed by atoms with van der Waals surface area (Å²) in [4.78, 5) is 2.39. The third-order valence-corrected chi connectivity index (χ3v) is 5.24. The maximum Gasteiger partial charge on any atom is 0.394 e. The van der Waals surface area contributed by atoms with Crippen LogP contribution in [0, 0.1) is 17.3 Å². The molecule has 1 saturated carbocycles. The normalized spacial score (nSPS) is 30.5. The van der Waals surface area contributed by atoms with E-state index in [-0.39, 0.29) is 18.1 Å². The molecule has 0 radical (unpaired) electrons. The van der Waals surface area contributed by atoms with Crippen LogP contribution in [0.4, 0.5) is 13.2 Å². The maximum atomic E-state index is 13.1. The number of rotatable bonds is 6. The van der Waals surface area contributed by atoms with E-state index in [1.165, 1.54) is 0 Å². The van der Waals surface area contributed by atoms with E-state index in [0.29, 0.717) is 25.2 Å². The highest BCUT2D eigenvalue weighted by Crippen LogP contribution is 2.63. The summed E-state index contributed by atoms with van der Waals surface area (Å²) >= 11 is 0. The van der Waals surface area contributed by atoms with Crippen LogP contribution in [0.1, 0.15) is 53.4 Å². The Hall–Kier alpha value is -0.290. The minimum atomic E-state index is -4.04. The van der Waals surface area contributed by atoms with E-state index >= 15 is 0 Å². The molecule has 1 saturated heterocycles. The van der Waals surface area contributed by atoms with Crippen LogP contribution in [0.5, 0.6) is 0 Å². The van der Waals surface area contributed by atoms with Crippen molar-refractivity contribution in [3.63, 3.8) is 0 Å². The van der Waals surface area contributed by atoms with Gasteiger partial charge in [-0.15, -0.1) is 0 Å². The highest BCUT2D eigenvalue weighted by Gasteiger charge is 2.65. The van der Waals surface area contributed by atoms with Crippen molar-refractivity contribution in [1.29, 1.82) is 0 Å². The molecule has 2 nitrogen and oxygen atoms in total. The van der Waals surface area contributed by atoms with Crippen molar-refractivity contribution in [2.45, 2.75) is 71.8 Å². The lowest BCUT2D eigenvalue weighted by atomic mass is 9.85. The van der Waals surface area contributed by atoms with Crippen molar-refractivity contribution < 1.29 is 17.9 Å². The van der Waals surface area contributed by atoms with Gasteiger partial charge < -0.3 is 4.74 Å². The molecule has 0 N–H and O–H groups in total. The summed E-state index contributed by atoms with van der Waals surface area (Å²) < 4.78 is 45.4. The first-order valence-electron chi connectivity index (χ1n) is 8.58. The Balaban J connectivity index is 1.83. The topological polar surface area (TPSA) is 12.5 Å². The number of halogens is 3. The molecule has 0 bridgehead atoms. The van der Waals surface area contributed by atoms with E-state index in [0.717, 1.165) is 26.1 Å². The van der Waals surface area contributed by atoms with Crippen LogP contribution in [0.25, 0.3) is 0 Å². The molecule has 2 fully saturated rings. The van der Waals surface area contributed by atoms with Crippen LogP contribution < -0.4 is 0 Å². The molecule has 0 spiro atoms. The number of nitrogens with zero attached hydrogens (tertiary/aromatic N) is 1. The largest absolute Gasteiger partial charge is 0.394 e. The van der Waals surface area contributed by atoms with Crippen LogP contribution in [0.3, 0.4) is 0 Å². The first-order chi connectivity index (χ1) is 10.1. The monoisotopic (exact) mass is 321 g/mol. The first-order valence-corrected chi connectivity index (χ1v) is 8.58. The van der Waals surface area contributed by atoms with Gasteiger partial charge in [0.25, 0.3) is 0 Å². The van der Waals surface area contributed by atoms with E-state index in [2.05, 4.69) is 25.7 Å². The Kier molecular flexibility index (Phi) is 5.48. The van der Waals surface area contributed by atoms with Gasteiger partial charge in [0, 0.05) is 19.6 Å². The van der Waals surface area contributed by atoms with E-state index in [1.54, 1.807) is 6.92 Å². The average molecular weight is 321 g/mol. The predicted octanol–water partition coefficient (Wildman–Crippen LogP) is 4.49. The van der Waals surface area contributed by atoms with Gasteiger partial charge in [-0.05, 0) is 44.4 Å². The lowest BCUT2D eigenvalue weighted by molar-refractivity contribution is -0.202. The lowest BCUT2D eigenvalue weighted by Gasteiger charge is -2.38. The molecule has 3 unspecified atom stereocenters. The van der Waals surface area contributed by atoms with Gasteiger partial charge in [0.05, 0.1) is 17.6 Å². The molecule has 130 valence electrons. The van der Waals surface area contributed by atoms with Crippen LogP contribution in [-0.4, -0.2) is 42.9 Å². The molecule has 0 aromatic rings. The van der Waals surface area contributed by atoms with E-state index in [1.807, 2.05) is 0 Å². The number of alkyl halides is 3. The van der Waals surface area contributed by atoms with Crippen molar-refractivity contribution in [3.05, 3.63) is 0 Å². The molecule has 5 heteroatoms. The van der Waals surface area contributed by atoms with Crippen LogP contribution in [0.15, 0.2) is 0 Å². The third kappa shape index (κ3) is 4.16. The molecular formula is C17H30F3NO. The van der Waals surface area contributed by atoms with Crippen LogP contribution in [0.2, 0.25) is 0 Å². The van der Waals surface area contributed by atoms with Gasteiger partial charge >= 0.3 is 6.18 Å². The van der Waals surface area contributed by atoms with Crippen molar-refractivity contribution in [2.75, 3.05) is 19.6 Å². The zero-order valence-corrected chi connectivity index (χ0v) is 14.2. The summed E-state index contributed by atoms with van der Waals surface area (Å²) in [6.45, 7) is 11.0. The minimum absolute atomic E-state index is 0.0778. The minimum Gasteiger partial charge on any atom is -0.373 e. The molecule has 3 atom stereocenters. The van der Waals surface area contributed by atoms with Crippen molar-refractivity contribution >= 4 is 0 Å². The number of ether oxygens (including phenoxy) is 1.